The van der Waals surface area contributed by atoms with E-state index in [0.29, 0.717) is 6.61 Å². The van der Waals surface area contributed by atoms with Crippen molar-refractivity contribution in [1.29, 1.82) is 0 Å². The number of hydrogen-bond acceptors (Lipinski definition) is 5. The number of aromatic amines is 1. The minimum atomic E-state index is 0.281. The Balaban J connectivity index is 1.42. The average Bonchev–Trinajstić information content (AvgIpc) is 3.07. The summed E-state index contributed by atoms with van der Waals surface area (Å²) in [5.41, 5.74) is 3.37. The number of benzene rings is 1. The second-order valence-corrected chi connectivity index (χ2v) is 4.95. The Morgan fingerprint density at radius 1 is 1.29 bits per heavy atom. The second kappa shape index (κ2) is 6.05. The summed E-state index contributed by atoms with van der Waals surface area (Å²) >= 11 is 0. The molecule has 0 spiro atoms. The summed E-state index contributed by atoms with van der Waals surface area (Å²) in [6.07, 6.45) is 0. The molecule has 1 aliphatic heterocycles. The number of nitrogens with one attached hydrogen (secondary N) is 2. The quantitative estimate of drug-likeness (QED) is 0.795. The van der Waals surface area contributed by atoms with Gasteiger partial charge in [0.1, 0.15) is 12.4 Å². The molecule has 2 heterocycles. The normalized spacial score (nSPS) is 12.7. The molecular formula is C15H19N3O3. The van der Waals surface area contributed by atoms with Crippen LogP contribution in [0.15, 0.2) is 18.2 Å². The summed E-state index contributed by atoms with van der Waals surface area (Å²) in [7, 11) is 0. The van der Waals surface area contributed by atoms with E-state index in [1.165, 1.54) is 5.56 Å². The number of ether oxygens (including phenoxy) is 3. The summed E-state index contributed by atoms with van der Waals surface area (Å²) in [6.45, 7) is 6.46. The highest BCUT2D eigenvalue weighted by Crippen LogP contribution is 2.34. The molecule has 0 fully saturated rings. The predicted octanol–water partition coefficient (Wildman–Crippen LogP) is 1.92. The number of aryl methyl sites for hydroxylation is 2. The van der Waals surface area contributed by atoms with E-state index in [4.69, 9.17) is 14.2 Å². The minimum Gasteiger partial charge on any atom is -0.492 e. The van der Waals surface area contributed by atoms with E-state index >= 15 is 0 Å². The third kappa shape index (κ3) is 3.11. The van der Waals surface area contributed by atoms with E-state index in [2.05, 4.69) is 15.5 Å². The van der Waals surface area contributed by atoms with Crippen molar-refractivity contribution in [3.63, 3.8) is 0 Å². The van der Waals surface area contributed by atoms with Gasteiger partial charge in [0.15, 0.2) is 11.5 Å². The maximum Gasteiger partial charge on any atom is 0.231 e. The second-order valence-electron chi connectivity index (χ2n) is 4.95. The first-order valence-electron chi connectivity index (χ1n) is 6.97. The number of aromatic nitrogens is 2. The molecule has 112 valence electrons. The van der Waals surface area contributed by atoms with Crippen LogP contribution >= 0.6 is 0 Å². The number of hydrogen-bond donors (Lipinski definition) is 2. The Hall–Kier alpha value is -2.21. The first-order chi connectivity index (χ1) is 10.2. The van der Waals surface area contributed by atoms with E-state index in [9.17, 15) is 0 Å². The summed E-state index contributed by atoms with van der Waals surface area (Å²) in [5.74, 6) is 2.30. The van der Waals surface area contributed by atoms with Crippen molar-refractivity contribution in [2.24, 2.45) is 0 Å². The fourth-order valence-electron chi connectivity index (χ4n) is 2.26. The van der Waals surface area contributed by atoms with E-state index in [1.807, 2.05) is 32.0 Å². The lowest BCUT2D eigenvalue weighted by Gasteiger charge is -2.08. The number of H-pyrrole nitrogens is 1. The zero-order valence-electron chi connectivity index (χ0n) is 12.2. The van der Waals surface area contributed by atoms with Gasteiger partial charge in [0, 0.05) is 30.4 Å². The monoisotopic (exact) mass is 289 g/mol. The van der Waals surface area contributed by atoms with Crippen LogP contribution in [-0.4, -0.2) is 30.1 Å². The molecule has 6 heteroatoms. The largest absolute Gasteiger partial charge is 0.492 e. The van der Waals surface area contributed by atoms with Gasteiger partial charge in [0.25, 0.3) is 0 Å². The van der Waals surface area contributed by atoms with E-state index in [0.717, 1.165) is 41.7 Å². The van der Waals surface area contributed by atoms with Crippen LogP contribution in [0, 0.1) is 13.8 Å². The SMILES string of the molecule is Cc1n[nH]c(C)c1CNCCOc1ccc2c(c1)OCO2. The van der Waals surface area contributed by atoms with Gasteiger partial charge in [-0.2, -0.15) is 5.10 Å². The third-order valence-corrected chi connectivity index (χ3v) is 3.47. The zero-order chi connectivity index (χ0) is 14.7. The van der Waals surface area contributed by atoms with Gasteiger partial charge >= 0.3 is 0 Å². The van der Waals surface area contributed by atoms with Gasteiger partial charge in [-0.05, 0) is 26.0 Å². The van der Waals surface area contributed by atoms with Crippen LogP contribution in [0.4, 0.5) is 0 Å². The molecule has 1 aromatic heterocycles. The van der Waals surface area contributed by atoms with Gasteiger partial charge in [-0.3, -0.25) is 5.10 Å². The van der Waals surface area contributed by atoms with Crippen LogP contribution in [0.5, 0.6) is 17.2 Å². The number of rotatable bonds is 6. The van der Waals surface area contributed by atoms with Gasteiger partial charge in [-0.1, -0.05) is 0 Å². The predicted molar refractivity (Wildman–Crippen MR) is 77.8 cm³/mol. The molecule has 2 N–H and O–H groups in total. The Morgan fingerprint density at radius 3 is 2.95 bits per heavy atom. The highest BCUT2D eigenvalue weighted by Gasteiger charge is 2.13. The molecule has 21 heavy (non-hydrogen) atoms. The van der Waals surface area contributed by atoms with Crippen molar-refractivity contribution in [2.75, 3.05) is 19.9 Å². The molecule has 0 aliphatic carbocycles. The van der Waals surface area contributed by atoms with Crippen molar-refractivity contribution in [3.05, 3.63) is 35.2 Å². The summed E-state index contributed by atoms with van der Waals surface area (Å²) < 4.78 is 16.3. The van der Waals surface area contributed by atoms with Gasteiger partial charge in [0.05, 0.1) is 5.69 Å². The van der Waals surface area contributed by atoms with Crippen LogP contribution < -0.4 is 19.5 Å². The van der Waals surface area contributed by atoms with E-state index in [1.54, 1.807) is 0 Å². The fraction of sp³-hybridized carbons (Fsp3) is 0.400. The van der Waals surface area contributed by atoms with Crippen molar-refractivity contribution in [2.45, 2.75) is 20.4 Å². The Bertz CT molecular complexity index is 605. The lowest BCUT2D eigenvalue weighted by atomic mass is 10.2. The minimum absolute atomic E-state index is 0.281. The lowest BCUT2D eigenvalue weighted by Crippen LogP contribution is -2.21. The molecule has 2 aromatic rings. The molecule has 3 rings (SSSR count). The molecule has 0 atom stereocenters. The Labute approximate surface area is 123 Å². The van der Waals surface area contributed by atoms with Crippen LogP contribution in [0.3, 0.4) is 0 Å². The first-order valence-corrected chi connectivity index (χ1v) is 6.97. The van der Waals surface area contributed by atoms with Crippen LogP contribution in [0.25, 0.3) is 0 Å². The zero-order valence-corrected chi connectivity index (χ0v) is 12.2. The number of fused-ring (bicyclic) bond motifs is 1. The smallest absolute Gasteiger partial charge is 0.231 e. The first kappa shape index (κ1) is 13.8. The Kier molecular flexibility index (Phi) is 3.96. The molecule has 0 saturated carbocycles. The van der Waals surface area contributed by atoms with Gasteiger partial charge in [-0.25, -0.2) is 0 Å². The molecule has 6 nitrogen and oxygen atoms in total. The van der Waals surface area contributed by atoms with Crippen molar-refractivity contribution in [1.82, 2.24) is 15.5 Å². The van der Waals surface area contributed by atoms with Crippen molar-refractivity contribution < 1.29 is 14.2 Å². The summed E-state index contributed by atoms with van der Waals surface area (Å²) in [4.78, 5) is 0. The molecule has 0 unspecified atom stereocenters. The average molecular weight is 289 g/mol. The summed E-state index contributed by atoms with van der Waals surface area (Å²) in [5, 5.41) is 10.5. The van der Waals surface area contributed by atoms with Crippen LogP contribution in [0.2, 0.25) is 0 Å². The van der Waals surface area contributed by atoms with E-state index < -0.39 is 0 Å². The molecule has 1 aliphatic rings. The number of nitrogens with zero attached hydrogens (tertiary/aromatic N) is 1. The maximum absolute atomic E-state index is 5.69. The Morgan fingerprint density at radius 2 is 2.14 bits per heavy atom. The molecule has 1 aromatic carbocycles. The fourth-order valence-corrected chi connectivity index (χ4v) is 2.26. The molecule has 0 radical (unpaired) electrons. The highest BCUT2D eigenvalue weighted by molar-refractivity contribution is 5.46. The van der Waals surface area contributed by atoms with Crippen molar-refractivity contribution in [3.8, 4) is 17.2 Å². The standard InChI is InChI=1S/C15H19N3O3/c1-10-13(11(2)18-17-10)8-16-5-6-19-12-3-4-14-15(7-12)21-9-20-14/h3-4,7,16H,5-6,8-9H2,1-2H3,(H,17,18). The third-order valence-electron chi connectivity index (χ3n) is 3.47. The van der Waals surface area contributed by atoms with E-state index in [-0.39, 0.29) is 6.79 Å². The molecule has 0 saturated heterocycles. The van der Waals surface area contributed by atoms with Crippen LogP contribution in [0.1, 0.15) is 17.0 Å². The van der Waals surface area contributed by atoms with Crippen molar-refractivity contribution >= 4 is 0 Å². The lowest BCUT2D eigenvalue weighted by molar-refractivity contribution is 0.173. The molecular weight excluding hydrogens is 270 g/mol. The molecule has 0 bridgehead atoms. The highest BCUT2D eigenvalue weighted by atomic mass is 16.7. The van der Waals surface area contributed by atoms with Gasteiger partial charge in [0.2, 0.25) is 6.79 Å². The van der Waals surface area contributed by atoms with Gasteiger partial charge in [-0.15, -0.1) is 0 Å². The maximum atomic E-state index is 5.69. The van der Waals surface area contributed by atoms with Crippen LogP contribution in [-0.2, 0) is 6.54 Å². The topological polar surface area (TPSA) is 68.4 Å². The molecule has 0 amide bonds. The summed E-state index contributed by atoms with van der Waals surface area (Å²) in [6, 6.07) is 5.61. The van der Waals surface area contributed by atoms with Gasteiger partial charge < -0.3 is 19.5 Å².